The highest BCUT2D eigenvalue weighted by Crippen LogP contribution is 2.38. The number of carbonyl (C=O) groups excluding carboxylic acids is 3. The Morgan fingerprint density at radius 1 is 1.03 bits per heavy atom. The van der Waals surface area contributed by atoms with Gasteiger partial charge in [0, 0.05) is 45.2 Å². The first kappa shape index (κ1) is 21.7. The third kappa shape index (κ3) is 5.34. The van der Waals surface area contributed by atoms with Crippen LogP contribution in [0.5, 0.6) is 0 Å². The van der Waals surface area contributed by atoms with Crippen LogP contribution in [0.4, 0.5) is 5.00 Å². The SMILES string of the molecule is COC(=O)c1c(NC(=O)CN2CCN(CC(=O)N(C)C)CC2)sc2c1CCCC2. The third-order valence-corrected chi connectivity index (χ3v) is 6.71. The molecule has 1 fully saturated rings. The van der Waals surface area contributed by atoms with Crippen molar-refractivity contribution in [1.82, 2.24) is 14.7 Å². The van der Waals surface area contributed by atoms with E-state index in [1.165, 1.54) is 23.3 Å². The van der Waals surface area contributed by atoms with Gasteiger partial charge in [-0.15, -0.1) is 11.3 Å². The average molecular weight is 423 g/mol. The van der Waals surface area contributed by atoms with Crippen LogP contribution in [0.25, 0.3) is 0 Å². The van der Waals surface area contributed by atoms with Gasteiger partial charge in [-0.25, -0.2) is 4.79 Å². The molecule has 2 amide bonds. The summed E-state index contributed by atoms with van der Waals surface area (Å²) < 4.78 is 4.96. The number of hydrogen-bond donors (Lipinski definition) is 1. The molecular formula is C20H30N4O4S. The van der Waals surface area contributed by atoms with E-state index in [1.54, 1.807) is 19.0 Å². The molecule has 1 aromatic rings. The van der Waals surface area contributed by atoms with Crippen molar-refractivity contribution < 1.29 is 19.1 Å². The summed E-state index contributed by atoms with van der Waals surface area (Å²) in [5.74, 6) is -0.404. The largest absolute Gasteiger partial charge is 0.465 e. The highest BCUT2D eigenvalue weighted by atomic mass is 32.1. The minimum atomic E-state index is -0.376. The van der Waals surface area contributed by atoms with Crippen molar-refractivity contribution in [2.24, 2.45) is 0 Å². The summed E-state index contributed by atoms with van der Waals surface area (Å²) >= 11 is 1.50. The maximum atomic E-state index is 12.6. The Morgan fingerprint density at radius 3 is 2.28 bits per heavy atom. The topological polar surface area (TPSA) is 82.2 Å². The number of aryl methyl sites for hydroxylation is 1. The number of likely N-dealkylation sites (N-methyl/N-ethyl adjacent to an activating group) is 1. The lowest BCUT2D eigenvalue weighted by atomic mass is 9.95. The highest BCUT2D eigenvalue weighted by molar-refractivity contribution is 7.17. The molecule has 29 heavy (non-hydrogen) atoms. The van der Waals surface area contributed by atoms with E-state index in [0.29, 0.717) is 17.1 Å². The number of carbonyl (C=O) groups is 3. The number of ether oxygens (including phenoxy) is 1. The molecule has 9 heteroatoms. The number of fused-ring (bicyclic) bond motifs is 1. The molecule has 1 aliphatic heterocycles. The van der Waals surface area contributed by atoms with E-state index in [2.05, 4.69) is 15.1 Å². The Hall–Kier alpha value is -1.97. The fourth-order valence-corrected chi connectivity index (χ4v) is 5.07. The molecule has 0 bridgehead atoms. The standard InChI is InChI=1S/C20H30N4O4S/c1-22(2)17(26)13-24-10-8-23(9-11-24)12-16(25)21-19-18(20(27)28-3)14-6-4-5-7-15(14)29-19/h4-13H2,1-3H3,(H,21,25). The van der Waals surface area contributed by atoms with E-state index in [4.69, 9.17) is 4.74 Å². The highest BCUT2D eigenvalue weighted by Gasteiger charge is 2.27. The van der Waals surface area contributed by atoms with E-state index in [-0.39, 0.29) is 24.3 Å². The molecule has 160 valence electrons. The van der Waals surface area contributed by atoms with Crippen LogP contribution in [0, 0.1) is 0 Å². The smallest absolute Gasteiger partial charge is 0.341 e. The Labute approximate surface area is 175 Å². The van der Waals surface area contributed by atoms with Gasteiger partial charge < -0.3 is 15.0 Å². The average Bonchev–Trinajstić information content (AvgIpc) is 3.06. The number of nitrogens with zero attached hydrogens (tertiary/aromatic N) is 3. The van der Waals surface area contributed by atoms with Crippen LogP contribution in [0.15, 0.2) is 0 Å². The van der Waals surface area contributed by atoms with Crippen LogP contribution in [-0.2, 0) is 27.2 Å². The minimum absolute atomic E-state index is 0.0909. The zero-order valence-corrected chi connectivity index (χ0v) is 18.3. The predicted molar refractivity (Wildman–Crippen MR) is 113 cm³/mol. The van der Waals surface area contributed by atoms with Crippen molar-refractivity contribution in [1.29, 1.82) is 0 Å². The van der Waals surface area contributed by atoms with Gasteiger partial charge in [-0.05, 0) is 31.2 Å². The van der Waals surface area contributed by atoms with Crippen molar-refractivity contribution in [2.45, 2.75) is 25.7 Å². The first-order chi connectivity index (χ1) is 13.9. The number of thiophene rings is 1. The van der Waals surface area contributed by atoms with Crippen LogP contribution < -0.4 is 5.32 Å². The maximum absolute atomic E-state index is 12.6. The molecule has 0 radical (unpaired) electrons. The molecular weight excluding hydrogens is 392 g/mol. The zero-order chi connectivity index (χ0) is 21.0. The lowest BCUT2D eigenvalue weighted by Crippen LogP contribution is -2.50. The second-order valence-electron chi connectivity index (χ2n) is 7.80. The molecule has 8 nitrogen and oxygen atoms in total. The number of methoxy groups -OCH3 is 1. The Balaban J connectivity index is 1.56. The van der Waals surface area contributed by atoms with Gasteiger partial charge in [0.15, 0.2) is 0 Å². The minimum Gasteiger partial charge on any atom is -0.465 e. The quantitative estimate of drug-likeness (QED) is 0.691. The number of esters is 1. The second-order valence-corrected chi connectivity index (χ2v) is 8.90. The lowest BCUT2D eigenvalue weighted by Gasteiger charge is -2.34. The van der Waals surface area contributed by atoms with Crippen LogP contribution in [0.3, 0.4) is 0 Å². The molecule has 0 saturated carbocycles. The van der Waals surface area contributed by atoms with Crippen molar-refractivity contribution in [3.05, 3.63) is 16.0 Å². The second kappa shape index (κ2) is 9.69. The van der Waals surface area contributed by atoms with Crippen molar-refractivity contribution in [2.75, 3.05) is 65.8 Å². The Kier molecular flexibility index (Phi) is 7.26. The number of piperazine rings is 1. The van der Waals surface area contributed by atoms with E-state index in [9.17, 15) is 14.4 Å². The molecule has 0 aromatic carbocycles. The van der Waals surface area contributed by atoms with Gasteiger partial charge in [-0.2, -0.15) is 0 Å². The molecule has 0 unspecified atom stereocenters. The predicted octanol–water partition coefficient (Wildman–Crippen LogP) is 1.06. The first-order valence-corrected chi connectivity index (χ1v) is 10.9. The summed E-state index contributed by atoms with van der Waals surface area (Å²) in [5, 5.41) is 3.57. The van der Waals surface area contributed by atoms with Gasteiger partial charge in [0.05, 0.1) is 25.8 Å². The van der Waals surface area contributed by atoms with Gasteiger partial charge in [0.2, 0.25) is 11.8 Å². The number of anilines is 1. The number of amides is 2. The lowest BCUT2D eigenvalue weighted by molar-refractivity contribution is -0.130. The van der Waals surface area contributed by atoms with E-state index in [1.807, 2.05) is 0 Å². The van der Waals surface area contributed by atoms with Gasteiger partial charge in [0.1, 0.15) is 5.00 Å². The summed E-state index contributed by atoms with van der Waals surface area (Å²) in [5.41, 5.74) is 1.58. The first-order valence-electron chi connectivity index (χ1n) is 10.1. The van der Waals surface area contributed by atoms with E-state index in [0.717, 1.165) is 57.4 Å². The van der Waals surface area contributed by atoms with Gasteiger partial charge in [-0.1, -0.05) is 0 Å². The Morgan fingerprint density at radius 2 is 1.66 bits per heavy atom. The molecule has 2 aliphatic rings. The number of hydrogen-bond acceptors (Lipinski definition) is 7. The molecule has 3 rings (SSSR count). The van der Waals surface area contributed by atoms with E-state index >= 15 is 0 Å². The maximum Gasteiger partial charge on any atom is 0.341 e. The monoisotopic (exact) mass is 422 g/mol. The molecule has 0 spiro atoms. The summed E-state index contributed by atoms with van der Waals surface area (Å²) in [7, 11) is 4.89. The van der Waals surface area contributed by atoms with Crippen LogP contribution in [0.2, 0.25) is 0 Å². The fraction of sp³-hybridized carbons (Fsp3) is 0.650. The summed E-state index contributed by atoms with van der Waals surface area (Å²) in [6.45, 7) is 3.67. The fourth-order valence-electron chi connectivity index (χ4n) is 3.78. The van der Waals surface area contributed by atoms with Gasteiger partial charge in [0.25, 0.3) is 0 Å². The van der Waals surface area contributed by atoms with Crippen molar-refractivity contribution in [3.8, 4) is 0 Å². The molecule has 1 aromatic heterocycles. The third-order valence-electron chi connectivity index (χ3n) is 5.50. The molecule has 1 saturated heterocycles. The number of rotatable bonds is 6. The molecule has 0 atom stereocenters. The normalized spacial score (nSPS) is 17.5. The van der Waals surface area contributed by atoms with Crippen molar-refractivity contribution >= 4 is 34.1 Å². The zero-order valence-electron chi connectivity index (χ0n) is 17.5. The van der Waals surface area contributed by atoms with Gasteiger partial charge >= 0.3 is 5.97 Å². The molecule has 1 N–H and O–H groups in total. The summed E-state index contributed by atoms with van der Waals surface area (Å²) in [6, 6.07) is 0. The molecule has 2 heterocycles. The van der Waals surface area contributed by atoms with Crippen LogP contribution >= 0.6 is 11.3 Å². The van der Waals surface area contributed by atoms with Crippen molar-refractivity contribution in [3.63, 3.8) is 0 Å². The van der Waals surface area contributed by atoms with Crippen LogP contribution in [-0.4, -0.2) is 93.0 Å². The summed E-state index contributed by atoms with van der Waals surface area (Å²) in [4.78, 5) is 43.7. The molecule has 1 aliphatic carbocycles. The van der Waals surface area contributed by atoms with Crippen LogP contribution in [0.1, 0.15) is 33.6 Å². The Bertz CT molecular complexity index is 769. The number of nitrogens with one attached hydrogen (secondary N) is 1. The van der Waals surface area contributed by atoms with Gasteiger partial charge in [-0.3, -0.25) is 19.4 Å². The summed E-state index contributed by atoms with van der Waals surface area (Å²) in [6.07, 6.45) is 3.98. The van der Waals surface area contributed by atoms with E-state index < -0.39 is 0 Å².